The molecule has 3 unspecified atom stereocenters. The predicted octanol–water partition coefficient (Wildman–Crippen LogP) is 16.2. The van der Waals surface area contributed by atoms with Crippen LogP contribution in [0.25, 0.3) is 0 Å². The molecule has 0 aromatic carbocycles. The fraction of sp³-hybridized carbons (Fsp3) is 0.804. The molecular formula is C56H103NO4. The molecule has 356 valence electrons. The molecule has 5 heteroatoms. The van der Waals surface area contributed by atoms with Crippen LogP contribution in [0.15, 0.2) is 60.8 Å². The second-order valence-electron chi connectivity index (χ2n) is 18.1. The van der Waals surface area contributed by atoms with E-state index in [9.17, 15) is 20.1 Å². The molecule has 0 aromatic rings. The van der Waals surface area contributed by atoms with Crippen LogP contribution in [0.1, 0.15) is 264 Å². The van der Waals surface area contributed by atoms with Gasteiger partial charge in [-0.3, -0.25) is 4.79 Å². The van der Waals surface area contributed by atoms with Crippen molar-refractivity contribution < 1.29 is 20.1 Å². The van der Waals surface area contributed by atoms with E-state index in [-0.39, 0.29) is 6.61 Å². The topological polar surface area (TPSA) is 89.8 Å². The van der Waals surface area contributed by atoms with Crippen molar-refractivity contribution in [3.05, 3.63) is 60.8 Å². The van der Waals surface area contributed by atoms with Gasteiger partial charge < -0.3 is 20.6 Å². The molecule has 0 aliphatic heterocycles. The summed E-state index contributed by atoms with van der Waals surface area (Å²) in [4.78, 5) is 12.5. The summed E-state index contributed by atoms with van der Waals surface area (Å²) in [6, 6.07) is -0.829. The first kappa shape index (κ1) is 59.0. The molecule has 0 fully saturated rings. The number of unbranched alkanes of at least 4 members (excludes halogenated alkanes) is 32. The maximum Gasteiger partial charge on any atom is 0.249 e. The molecule has 5 nitrogen and oxygen atoms in total. The lowest BCUT2D eigenvalue weighted by Crippen LogP contribution is -2.48. The van der Waals surface area contributed by atoms with Crippen LogP contribution in [-0.4, -0.2) is 46.1 Å². The molecule has 0 rings (SSSR count). The van der Waals surface area contributed by atoms with Gasteiger partial charge >= 0.3 is 0 Å². The number of carbonyl (C=O) groups excluding carboxylic acids is 1. The minimum Gasteiger partial charge on any atom is -0.394 e. The van der Waals surface area contributed by atoms with Crippen LogP contribution < -0.4 is 5.32 Å². The van der Waals surface area contributed by atoms with E-state index in [0.717, 1.165) is 57.8 Å². The maximum atomic E-state index is 12.5. The lowest BCUT2D eigenvalue weighted by atomic mass is 10.0. The number of carbonyl (C=O) groups is 1. The van der Waals surface area contributed by atoms with E-state index < -0.39 is 24.2 Å². The van der Waals surface area contributed by atoms with Gasteiger partial charge in [0, 0.05) is 0 Å². The molecule has 0 aliphatic rings. The Labute approximate surface area is 379 Å². The molecule has 1 amide bonds. The van der Waals surface area contributed by atoms with Gasteiger partial charge in [-0.15, -0.1) is 0 Å². The minimum atomic E-state index is -1.12. The molecule has 0 heterocycles. The Morgan fingerprint density at radius 1 is 0.410 bits per heavy atom. The normalized spacial score (nSPS) is 13.9. The molecular weight excluding hydrogens is 751 g/mol. The number of hydrogen-bond donors (Lipinski definition) is 4. The minimum absolute atomic E-state index is 0.387. The fourth-order valence-corrected chi connectivity index (χ4v) is 7.90. The average molecular weight is 854 g/mol. The van der Waals surface area contributed by atoms with Crippen LogP contribution in [-0.2, 0) is 4.79 Å². The molecule has 0 saturated carbocycles. The lowest BCUT2D eigenvalue weighted by molar-refractivity contribution is -0.131. The van der Waals surface area contributed by atoms with Crippen molar-refractivity contribution in [1.82, 2.24) is 5.32 Å². The first-order valence-electron chi connectivity index (χ1n) is 26.6. The van der Waals surface area contributed by atoms with Gasteiger partial charge in [-0.25, -0.2) is 0 Å². The standard InChI is InChI=1S/C56H103NO4/c1-3-5-7-9-11-13-15-17-19-21-23-25-27-28-29-31-32-34-36-38-40-42-44-46-48-50-54(59)53(52-58)57-56(61)55(60)51-49-47-45-43-41-39-37-35-33-30-26-24-22-20-18-16-14-12-10-8-6-4-2/h24,26,32-35,40,42,48,50,53-55,58-60H,3-23,25,27-31,36-39,41,43-47,49,51-52H2,1-2H3,(H,57,61)/b26-24-,34-32+,35-33-,42-40+,50-48+. The molecule has 0 radical (unpaired) electrons. The Balaban J connectivity index is 3.71. The van der Waals surface area contributed by atoms with E-state index in [1.54, 1.807) is 6.08 Å². The third-order valence-electron chi connectivity index (χ3n) is 12.1. The van der Waals surface area contributed by atoms with Crippen LogP contribution in [0.3, 0.4) is 0 Å². The van der Waals surface area contributed by atoms with Gasteiger partial charge in [0.15, 0.2) is 0 Å². The number of aliphatic hydroxyl groups is 3. The third-order valence-corrected chi connectivity index (χ3v) is 12.1. The summed E-state index contributed by atoms with van der Waals surface area (Å²) in [5, 5.41) is 33.3. The fourth-order valence-electron chi connectivity index (χ4n) is 7.90. The Morgan fingerprint density at radius 2 is 0.721 bits per heavy atom. The van der Waals surface area contributed by atoms with Gasteiger partial charge in [-0.1, -0.05) is 248 Å². The Kier molecular flexibility index (Phi) is 49.1. The number of hydrogen-bond acceptors (Lipinski definition) is 4. The van der Waals surface area contributed by atoms with Gasteiger partial charge in [0.25, 0.3) is 0 Å². The quantitative estimate of drug-likeness (QED) is 0.0363. The summed E-state index contributed by atoms with van der Waals surface area (Å²) in [5.41, 5.74) is 0. The second kappa shape index (κ2) is 50.7. The molecule has 0 spiro atoms. The van der Waals surface area contributed by atoms with Gasteiger partial charge in [0.05, 0.1) is 18.8 Å². The summed E-state index contributed by atoms with van der Waals surface area (Å²) in [6.45, 7) is 4.18. The Morgan fingerprint density at radius 3 is 1.10 bits per heavy atom. The van der Waals surface area contributed by atoms with E-state index >= 15 is 0 Å². The van der Waals surface area contributed by atoms with Crippen molar-refractivity contribution in [2.24, 2.45) is 0 Å². The highest BCUT2D eigenvalue weighted by Gasteiger charge is 2.22. The van der Waals surface area contributed by atoms with Gasteiger partial charge in [-0.2, -0.15) is 0 Å². The monoisotopic (exact) mass is 854 g/mol. The van der Waals surface area contributed by atoms with E-state index in [2.05, 4.69) is 67.8 Å². The van der Waals surface area contributed by atoms with Crippen LogP contribution >= 0.6 is 0 Å². The predicted molar refractivity (Wildman–Crippen MR) is 268 cm³/mol. The molecule has 0 aliphatic carbocycles. The first-order valence-corrected chi connectivity index (χ1v) is 26.6. The van der Waals surface area contributed by atoms with Gasteiger partial charge in [0.1, 0.15) is 6.10 Å². The number of nitrogens with one attached hydrogen (secondary N) is 1. The van der Waals surface area contributed by atoms with Crippen molar-refractivity contribution in [2.75, 3.05) is 6.61 Å². The van der Waals surface area contributed by atoms with Crippen molar-refractivity contribution in [1.29, 1.82) is 0 Å². The number of amides is 1. The molecule has 3 atom stereocenters. The van der Waals surface area contributed by atoms with Crippen LogP contribution in [0.4, 0.5) is 0 Å². The molecule has 61 heavy (non-hydrogen) atoms. The summed E-state index contributed by atoms with van der Waals surface area (Å²) >= 11 is 0. The summed E-state index contributed by atoms with van der Waals surface area (Å²) in [5.74, 6) is -0.525. The van der Waals surface area contributed by atoms with Crippen LogP contribution in [0, 0.1) is 0 Å². The molecule has 0 saturated heterocycles. The van der Waals surface area contributed by atoms with Crippen molar-refractivity contribution >= 4 is 5.91 Å². The summed E-state index contributed by atoms with van der Waals surface area (Å²) in [7, 11) is 0. The molecule has 4 N–H and O–H groups in total. The highest BCUT2D eigenvalue weighted by atomic mass is 16.3. The van der Waals surface area contributed by atoms with E-state index in [1.165, 1.54) is 186 Å². The summed E-state index contributed by atoms with van der Waals surface area (Å²) in [6.07, 6.45) is 68.5. The van der Waals surface area contributed by atoms with Crippen molar-refractivity contribution in [3.8, 4) is 0 Å². The number of allylic oxidation sites excluding steroid dienone is 9. The highest BCUT2D eigenvalue weighted by molar-refractivity contribution is 5.80. The van der Waals surface area contributed by atoms with Crippen LogP contribution in [0.2, 0.25) is 0 Å². The van der Waals surface area contributed by atoms with Gasteiger partial charge in [-0.05, 0) is 77.0 Å². The second-order valence-corrected chi connectivity index (χ2v) is 18.1. The van der Waals surface area contributed by atoms with E-state index in [1.807, 2.05) is 6.08 Å². The summed E-state index contributed by atoms with van der Waals surface area (Å²) < 4.78 is 0. The van der Waals surface area contributed by atoms with Crippen molar-refractivity contribution in [3.63, 3.8) is 0 Å². The zero-order valence-electron chi connectivity index (χ0n) is 40.5. The van der Waals surface area contributed by atoms with Crippen molar-refractivity contribution in [2.45, 2.75) is 283 Å². The van der Waals surface area contributed by atoms with E-state index in [0.29, 0.717) is 6.42 Å². The smallest absolute Gasteiger partial charge is 0.249 e. The lowest BCUT2D eigenvalue weighted by Gasteiger charge is -2.21. The number of rotatable bonds is 48. The zero-order chi connectivity index (χ0) is 44.4. The Bertz CT molecular complexity index is 1030. The third kappa shape index (κ3) is 45.9. The van der Waals surface area contributed by atoms with Crippen LogP contribution in [0.5, 0.6) is 0 Å². The molecule has 0 bridgehead atoms. The number of aliphatic hydroxyl groups excluding tert-OH is 3. The average Bonchev–Trinajstić information content (AvgIpc) is 3.26. The SMILES string of the molecule is CCCCCCCCCCC/C=C\C/C=C\CCCCCCCCC(O)C(=O)NC(CO)C(O)/C=C/CC/C=C/CC/C=C/CCCCCCCCCCCCCCCCC. The van der Waals surface area contributed by atoms with Gasteiger partial charge in [0.2, 0.25) is 5.91 Å². The Hall–Kier alpha value is -1.95. The largest absolute Gasteiger partial charge is 0.394 e. The highest BCUT2D eigenvalue weighted by Crippen LogP contribution is 2.15. The maximum absolute atomic E-state index is 12.5. The van der Waals surface area contributed by atoms with E-state index in [4.69, 9.17) is 0 Å². The first-order chi connectivity index (χ1) is 30.1. The molecule has 0 aromatic heterocycles. The zero-order valence-corrected chi connectivity index (χ0v) is 40.5.